The third-order valence-corrected chi connectivity index (χ3v) is 3.00. The smallest absolute Gasteiger partial charge is 0.226 e. The second-order valence-corrected chi connectivity index (χ2v) is 5.33. The van der Waals surface area contributed by atoms with Gasteiger partial charge in [-0.1, -0.05) is 18.2 Å². The molecular formula is C16H22N4O. The zero-order valence-electron chi connectivity index (χ0n) is 12.9. The number of aromatic nitrogens is 2. The first-order valence-corrected chi connectivity index (χ1v) is 7.09. The predicted octanol–water partition coefficient (Wildman–Crippen LogP) is 3.33. The Labute approximate surface area is 125 Å². The molecule has 0 amide bonds. The Morgan fingerprint density at radius 1 is 1.14 bits per heavy atom. The van der Waals surface area contributed by atoms with Crippen molar-refractivity contribution < 1.29 is 4.74 Å². The molecule has 0 aliphatic heterocycles. The Kier molecular flexibility index (Phi) is 4.62. The van der Waals surface area contributed by atoms with E-state index in [1.807, 2.05) is 58.0 Å². The SMILES string of the molecule is Cc1cc(OC(C)C)nc(NC(C)c2ccccc2N)n1. The fourth-order valence-electron chi connectivity index (χ4n) is 2.08. The number of para-hydroxylation sites is 1. The zero-order valence-corrected chi connectivity index (χ0v) is 12.9. The topological polar surface area (TPSA) is 73.1 Å². The molecule has 21 heavy (non-hydrogen) atoms. The minimum atomic E-state index is 0.0138. The van der Waals surface area contributed by atoms with E-state index in [-0.39, 0.29) is 12.1 Å². The van der Waals surface area contributed by atoms with Crippen LogP contribution in [0.15, 0.2) is 30.3 Å². The first-order valence-electron chi connectivity index (χ1n) is 7.09. The molecule has 1 atom stereocenters. The van der Waals surface area contributed by atoms with Gasteiger partial charge in [0.15, 0.2) is 0 Å². The maximum atomic E-state index is 6.00. The molecule has 3 N–H and O–H groups in total. The molecule has 1 aromatic carbocycles. The number of nitrogen functional groups attached to an aromatic ring is 1. The predicted molar refractivity (Wildman–Crippen MR) is 85.4 cm³/mol. The highest BCUT2D eigenvalue weighted by Crippen LogP contribution is 2.23. The average molecular weight is 286 g/mol. The van der Waals surface area contributed by atoms with Gasteiger partial charge in [-0.3, -0.25) is 0 Å². The zero-order chi connectivity index (χ0) is 15.4. The number of anilines is 2. The van der Waals surface area contributed by atoms with Crippen LogP contribution in [0.3, 0.4) is 0 Å². The highest BCUT2D eigenvalue weighted by Gasteiger charge is 2.11. The van der Waals surface area contributed by atoms with Gasteiger partial charge in [-0.05, 0) is 39.3 Å². The minimum Gasteiger partial charge on any atom is -0.475 e. The molecule has 0 aliphatic rings. The lowest BCUT2D eigenvalue weighted by Gasteiger charge is -2.17. The Hall–Kier alpha value is -2.30. The van der Waals surface area contributed by atoms with Crippen molar-refractivity contribution >= 4 is 11.6 Å². The van der Waals surface area contributed by atoms with Gasteiger partial charge < -0.3 is 15.8 Å². The molecule has 0 radical (unpaired) electrons. The second-order valence-electron chi connectivity index (χ2n) is 5.33. The molecule has 5 nitrogen and oxygen atoms in total. The molecule has 1 heterocycles. The van der Waals surface area contributed by atoms with Crippen LogP contribution in [0.5, 0.6) is 5.88 Å². The molecule has 0 saturated carbocycles. The monoisotopic (exact) mass is 286 g/mol. The summed E-state index contributed by atoms with van der Waals surface area (Å²) in [5.74, 6) is 1.12. The molecule has 0 bridgehead atoms. The van der Waals surface area contributed by atoms with Gasteiger partial charge in [0.05, 0.1) is 12.1 Å². The third kappa shape index (κ3) is 4.08. The molecule has 0 aliphatic carbocycles. The van der Waals surface area contributed by atoms with Gasteiger partial charge in [-0.25, -0.2) is 4.98 Å². The van der Waals surface area contributed by atoms with Crippen molar-refractivity contribution in [3.05, 3.63) is 41.6 Å². The van der Waals surface area contributed by atoms with Crippen molar-refractivity contribution in [2.24, 2.45) is 0 Å². The van der Waals surface area contributed by atoms with Crippen LogP contribution in [0.2, 0.25) is 0 Å². The third-order valence-electron chi connectivity index (χ3n) is 3.00. The van der Waals surface area contributed by atoms with Crippen molar-refractivity contribution in [3.63, 3.8) is 0 Å². The number of nitrogens with one attached hydrogen (secondary N) is 1. The van der Waals surface area contributed by atoms with Gasteiger partial charge in [0.25, 0.3) is 0 Å². The van der Waals surface area contributed by atoms with Gasteiger partial charge >= 0.3 is 0 Å². The number of nitrogens with two attached hydrogens (primary N) is 1. The lowest BCUT2D eigenvalue weighted by molar-refractivity contribution is 0.232. The Balaban J connectivity index is 2.19. The van der Waals surface area contributed by atoms with E-state index in [1.165, 1.54) is 0 Å². The molecule has 112 valence electrons. The van der Waals surface area contributed by atoms with Gasteiger partial charge in [-0.15, -0.1) is 0 Å². The summed E-state index contributed by atoms with van der Waals surface area (Å²) >= 11 is 0. The number of benzene rings is 1. The lowest BCUT2D eigenvalue weighted by atomic mass is 10.1. The van der Waals surface area contributed by atoms with Gasteiger partial charge in [0, 0.05) is 17.4 Å². The fraction of sp³-hybridized carbons (Fsp3) is 0.375. The number of nitrogens with zero attached hydrogens (tertiary/aromatic N) is 2. The quantitative estimate of drug-likeness (QED) is 0.825. The average Bonchev–Trinajstić information content (AvgIpc) is 2.37. The van der Waals surface area contributed by atoms with Crippen LogP contribution in [0, 0.1) is 6.92 Å². The number of rotatable bonds is 5. The Morgan fingerprint density at radius 2 is 1.86 bits per heavy atom. The molecule has 5 heteroatoms. The van der Waals surface area contributed by atoms with Crippen molar-refractivity contribution in [1.29, 1.82) is 0 Å². The van der Waals surface area contributed by atoms with Crippen LogP contribution in [0.1, 0.15) is 38.1 Å². The number of aryl methyl sites for hydroxylation is 1. The van der Waals surface area contributed by atoms with Crippen molar-refractivity contribution in [1.82, 2.24) is 9.97 Å². The van der Waals surface area contributed by atoms with Crippen LogP contribution < -0.4 is 15.8 Å². The van der Waals surface area contributed by atoms with Gasteiger partial charge in [-0.2, -0.15) is 4.98 Å². The summed E-state index contributed by atoms with van der Waals surface area (Å²) < 4.78 is 5.63. The van der Waals surface area contributed by atoms with E-state index in [9.17, 15) is 0 Å². The molecule has 1 aromatic heterocycles. The normalized spacial score (nSPS) is 12.2. The Morgan fingerprint density at radius 3 is 2.52 bits per heavy atom. The highest BCUT2D eigenvalue weighted by atomic mass is 16.5. The molecule has 0 spiro atoms. The lowest BCUT2D eigenvalue weighted by Crippen LogP contribution is -2.13. The van der Waals surface area contributed by atoms with E-state index in [0.717, 1.165) is 16.9 Å². The standard InChI is InChI=1S/C16H22N4O/c1-10(2)21-15-9-11(3)18-16(20-15)19-12(4)13-7-5-6-8-14(13)17/h5-10,12H,17H2,1-4H3,(H,18,19,20). The van der Waals surface area contributed by atoms with E-state index >= 15 is 0 Å². The van der Waals surface area contributed by atoms with Crippen LogP contribution in [-0.4, -0.2) is 16.1 Å². The van der Waals surface area contributed by atoms with E-state index in [4.69, 9.17) is 10.5 Å². The highest BCUT2D eigenvalue weighted by molar-refractivity contribution is 5.50. The maximum Gasteiger partial charge on any atom is 0.226 e. The van der Waals surface area contributed by atoms with Crippen molar-refractivity contribution in [2.75, 3.05) is 11.1 Å². The number of hydrogen-bond acceptors (Lipinski definition) is 5. The van der Waals surface area contributed by atoms with Crippen LogP contribution in [-0.2, 0) is 0 Å². The largest absolute Gasteiger partial charge is 0.475 e. The summed E-state index contributed by atoms with van der Waals surface area (Å²) in [5.41, 5.74) is 8.63. The van der Waals surface area contributed by atoms with Gasteiger partial charge in [0.1, 0.15) is 0 Å². The summed E-state index contributed by atoms with van der Waals surface area (Å²) in [6, 6.07) is 9.61. The molecule has 0 saturated heterocycles. The summed E-state index contributed by atoms with van der Waals surface area (Å²) in [5, 5.41) is 3.27. The molecule has 0 fully saturated rings. The minimum absolute atomic E-state index is 0.0138. The van der Waals surface area contributed by atoms with E-state index < -0.39 is 0 Å². The summed E-state index contributed by atoms with van der Waals surface area (Å²) in [4.78, 5) is 8.78. The number of hydrogen-bond donors (Lipinski definition) is 2. The van der Waals surface area contributed by atoms with Gasteiger partial charge in [0.2, 0.25) is 11.8 Å². The van der Waals surface area contributed by atoms with E-state index in [2.05, 4.69) is 15.3 Å². The van der Waals surface area contributed by atoms with Crippen LogP contribution in [0.25, 0.3) is 0 Å². The maximum absolute atomic E-state index is 6.00. The summed E-state index contributed by atoms with van der Waals surface area (Å²) in [6.45, 7) is 7.89. The molecule has 1 unspecified atom stereocenters. The van der Waals surface area contributed by atoms with E-state index in [1.54, 1.807) is 0 Å². The first-order chi connectivity index (χ1) is 9.95. The fourth-order valence-corrected chi connectivity index (χ4v) is 2.08. The van der Waals surface area contributed by atoms with Crippen LogP contribution in [0.4, 0.5) is 11.6 Å². The molecule has 2 rings (SSSR count). The first kappa shape index (κ1) is 15.1. The Bertz CT molecular complexity index is 613. The van der Waals surface area contributed by atoms with Crippen LogP contribution >= 0.6 is 0 Å². The molecular weight excluding hydrogens is 264 g/mol. The van der Waals surface area contributed by atoms with E-state index in [0.29, 0.717) is 11.8 Å². The van der Waals surface area contributed by atoms with Crippen molar-refractivity contribution in [2.45, 2.75) is 39.8 Å². The second kappa shape index (κ2) is 6.43. The molecule has 2 aromatic rings. The van der Waals surface area contributed by atoms with Crippen molar-refractivity contribution in [3.8, 4) is 5.88 Å². The summed E-state index contributed by atoms with van der Waals surface area (Å²) in [7, 11) is 0. The summed E-state index contributed by atoms with van der Waals surface area (Å²) in [6.07, 6.45) is 0.0781. The number of ether oxygens (including phenoxy) is 1.